The average Bonchev–Trinajstić information content (AvgIpc) is 3.41. The number of aliphatic imine (C=N–C) groups is 1. The van der Waals surface area contributed by atoms with Gasteiger partial charge in [0.15, 0.2) is 5.96 Å². The number of para-hydroxylation sites is 2. The highest BCUT2D eigenvalue weighted by molar-refractivity contribution is 5.79. The summed E-state index contributed by atoms with van der Waals surface area (Å²) in [5.41, 5.74) is 1.18. The Bertz CT molecular complexity index is 730. The van der Waals surface area contributed by atoms with E-state index in [9.17, 15) is 0 Å². The van der Waals surface area contributed by atoms with Crippen LogP contribution in [0.1, 0.15) is 19.8 Å². The van der Waals surface area contributed by atoms with Gasteiger partial charge in [-0.25, -0.2) is 0 Å². The summed E-state index contributed by atoms with van der Waals surface area (Å²) in [4.78, 5) is 7.22. The fourth-order valence-corrected chi connectivity index (χ4v) is 3.53. The van der Waals surface area contributed by atoms with E-state index in [1.54, 1.807) is 7.11 Å². The Morgan fingerprint density at radius 2 is 2.18 bits per heavy atom. The predicted molar refractivity (Wildman–Crippen MR) is 114 cm³/mol. The van der Waals surface area contributed by atoms with Crippen LogP contribution in [0.3, 0.4) is 0 Å². The van der Waals surface area contributed by atoms with E-state index in [0.29, 0.717) is 5.92 Å². The van der Waals surface area contributed by atoms with E-state index < -0.39 is 0 Å². The van der Waals surface area contributed by atoms with Crippen LogP contribution in [0, 0.1) is 5.92 Å². The number of aryl methyl sites for hydroxylation is 1. The second kappa shape index (κ2) is 10.6. The third-order valence-electron chi connectivity index (χ3n) is 4.98. The zero-order chi connectivity index (χ0) is 19.6. The molecule has 1 aliphatic heterocycles. The summed E-state index contributed by atoms with van der Waals surface area (Å²) in [6.07, 6.45) is 5.97. The van der Waals surface area contributed by atoms with Crippen LogP contribution in [0.2, 0.25) is 0 Å². The molecule has 1 saturated heterocycles. The lowest BCUT2D eigenvalue weighted by molar-refractivity contribution is 0.414. The molecule has 7 nitrogen and oxygen atoms in total. The Morgan fingerprint density at radius 3 is 2.96 bits per heavy atom. The summed E-state index contributed by atoms with van der Waals surface area (Å²) in [7, 11) is 1.73. The molecule has 1 fully saturated rings. The molecule has 1 aromatic heterocycles. The van der Waals surface area contributed by atoms with Crippen molar-refractivity contribution >= 4 is 11.6 Å². The Labute approximate surface area is 167 Å². The van der Waals surface area contributed by atoms with E-state index in [1.807, 2.05) is 35.3 Å². The first-order valence-corrected chi connectivity index (χ1v) is 10.2. The summed E-state index contributed by atoms with van der Waals surface area (Å²) in [5.74, 6) is 2.40. The first-order valence-electron chi connectivity index (χ1n) is 10.2. The van der Waals surface area contributed by atoms with Crippen LogP contribution in [0.4, 0.5) is 5.69 Å². The number of nitrogens with zero attached hydrogens (tertiary/aromatic N) is 4. The molecule has 1 atom stereocenters. The van der Waals surface area contributed by atoms with E-state index in [4.69, 9.17) is 9.73 Å². The zero-order valence-electron chi connectivity index (χ0n) is 17.0. The number of aromatic nitrogens is 2. The Morgan fingerprint density at radius 1 is 1.29 bits per heavy atom. The molecule has 1 aliphatic rings. The Hall–Kier alpha value is -2.70. The first kappa shape index (κ1) is 20.0. The van der Waals surface area contributed by atoms with Gasteiger partial charge >= 0.3 is 0 Å². The standard InChI is InChI=1S/C21H32N6O/c1-3-22-21(23-11-6-13-27-14-7-12-25-27)24-16-18-10-15-26(17-18)19-8-4-5-9-20(19)28-2/h4-5,7-9,12,14,18H,3,6,10-11,13,15-17H2,1-2H3,(H2,22,23,24). The van der Waals surface area contributed by atoms with Gasteiger partial charge in [0.2, 0.25) is 0 Å². The first-order chi connectivity index (χ1) is 13.8. The predicted octanol–water partition coefficient (Wildman–Crippen LogP) is 2.36. The van der Waals surface area contributed by atoms with E-state index in [0.717, 1.165) is 63.8 Å². The smallest absolute Gasteiger partial charge is 0.191 e. The summed E-state index contributed by atoms with van der Waals surface area (Å²) in [6, 6.07) is 10.2. The van der Waals surface area contributed by atoms with Crippen molar-refractivity contribution in [3.63, 3.8) is 0 Å². The maximum Gasteiger partial charge on any atom is 0.191 e. The van der Waals surface area contributed by atoms with E-state index >= 15 is 0 Å². The molecule has 2 N–H and O–H groups in total. The van der Waals surface area contributed by atoms with Gasteiger partial charge in [0.25, 0.3) is 0 Å². The number of anilines is 1. The molecule has 152 valence electrons. The molecule has 7 heteroatoms. The van der Waals surface area contributed by atoms with Gasteiger partial charge in [-0.2, -0.15) is 5.10 Å². The third-order valence-corrected chi connectivity index (χ3v) is 4.98. The summed E-state index contributed by atoms with van der Waals surface area (Å²) in [6.45, 7) is 7.65. The van der Waals surface area contributed by atoms with Gasteiger partial charge in [0, 0.05) is 51.7 Å². The summed E-state index contributed by atoms with van der Waals surface area (Å²) < 4.78 is 7.46. The van der Waals surface area contributed by atoms with E-state index in [2.05, 4.69) is 39.7 Å². The van der Waals surface area contributed by atoms with Crippen LogP contribution in [-0.4, -0.2) is 55.6 Å². The normalized spacial score (nSPS) is 17.0. The van der Waals surface area contributed by atoms with Crippen molar-refractivity contribution in [2.24, 2.45) is 10.9 Å². The molecule has 0 saturated carbocycles. The number of methoxy groups -OCH3 is 1. The monoisotopic (exact) mass is 384 g/mol. The maximum absolute atomic E-state index is 5.51. The quantitative estimate of drug-likeness (QED) is 0.395. The molecule has 28 heavy (non-hydrogen) atoms. The topological polar surface area (TPSA) is 66.7 Å². The molecule has 0 radical (unpaired) electrons. The molecule has 0 amide bonds. The number of ether oxygens (including phenoxy) is 1. The van der Waals surface area contributed by atoms with E-state index in [1.165, 1.54) is 5.69 Å². The highest BCUT2D eigenvalue weighted by Crippen LogP contribution is 2.31. The SMILES string of the molecule is CCNC(=NCC1CCN(c2ccccc2OC)C1)NCCCn1cccn1. The van der Waals surface area contributed by atoms with Crippen LogP contribution in [0.15, 0.2) is 47.7 Å². The van der Waals surface area contributed by atoms with Crippen molar-refractivity contribution in [3.8, 4) is 5.75 Å². The molecular weight excluding hydrogens is 352 g/mol. The van der Waals surface area contributed by atoms with Gasteiger partial charge in [-0.1, -0.05) is 12.1 Å². The number of benzene rings is 1. The minimum Gasteiger partial charge on any atom is -0.495 e. The van der Waals surface area contributed by atoms with Gasteiger partial charge in [-0.05, 0) is 43.9 Å². The van der Waals surface area contributed by atoms with Gasteiger partial charge in [0.1, 0.15) is 5.75 Å². The van der Waals surface area contributed by atoms with Crippen molar-refractivity contribution in [1.82, 2.24) is 20.4 Å². The van der Waals surface area contributed by atoms with Crippen LogP contribution < -0.4 is 20.3 Å². The van der Waals surface area contributed by atoms with Crippen LogP contribution in [0.5, 0.6) is 5.75 Å². The molecule has 3 rings (SSSR count). The summed E-state index contributed by atoms with van der Waals surface area (Å²) in [5, 5.41) is 11.0. The molecule has 1 aromatic carbocycles. The molecule has 1 unspecified atom stereocenters. The van der Waals surface area contributed by atoms with Crippen molar-refractivity contribution in [3.05, 3.63) is 42.7 Å². The molecule has 2 aromatic rings. The largest absolute Gasteiger partial charge is 0.495 e. The zero-order valence-corrected chi connectivity index (χ0v) is 17.0. The Balaban J connectivity index is 1.46. The summed E-state index contributed by atoms with van der Waals surface area (Å²) >= 11 is 0. The van der Waals surface area contributed by atoms with Crippen molar-refractivity contribution in [2.75, 3.05) is 44.7 Å². The second-order valence-electron chi connectivity index (χ2n) is 7.04. The van der Waals surface area contributed by atoms with Gasteiger partial charge < -0.3 is 20.3 Å². The number of hydrogen-bond donors (Lipinski definition) is 2. The van der Waals surface area contributed by atoms with Crippen molar-refractivity contribution < 1.29 is 4.74 Å². The fraction of sp³-hybridized carbons (Fsp3) is 0.524. The molecule has 0 bridgehead atoms. The molecular formula is C21H32N6O. The number of hydrogen-bond acceptors (Lipinski definition) is 4. The molecule has 2 heterocycles. The number of guanidine groups is 1. The fourth-order valence-electron chi connectivity index (χ4n) is 3.53. The van der Waals surface area contributed by atoms with Gasteiger partial charge in [0.05, 0.1) is 12.8 Å². The average molecular weight is 385 g/mol. The highest BCUT2D eigenvalue weighted by Gasteiger charge is 2.24. The second-order valence-corrected chi connectivity index (χ2v) is 7.04. The van der Waals surface area contributed by atoms with Crippen molar-refractivity contribution in [1.29, 1.82) is 0 Å². The van der Waals surface area contributed by atoms with Gasteiger partial charge in [-0.3, -0.25) is 9.67 Å². The Kier molecular flexibility index (Phi) is 7.58. The lowest BCUT2D eigenvalue weighted by Gasteiger charge is -2.21. The maximum atomic E-state index is 5.51. The number of nitrogens with one attached hydrogen (secondary N) is 2. The van der Waals surface area contributed by atoms with Crippen LogP contribution in [0.25, 0.3) is 0 Å². The lowest BCUT2D eigenvalue weighted by atomic mass is 10.1. The van der Waals surface area contributed by atoms with Crippen LogP contribution in [-0.2, 0) is 6.54 Å². The molecule has 0 aliphatic carbocycles. The highest BCUT2D eigenvalue weighted by atomic mass is 16.5. The molecule has 0 spiro atoms. The third kappa shape index (κ3) is 5.65. The van der Waals surface area contributed by atoms with Crippen molar-refractivity contribution in [2.45, 2.75) is 26.3 Å². The minimum atomic E-state index is 0.560. The minimum absolute atomic E-state index is 0.560. The van der Waals surface area contributed by atoms with E-state index in [-0.39, 0.29) is 0 Å². The number of rotatable bonds is 9. The van der Waals surface area contributed by atoms with Gasteiger partial charge in [-0.15, -0.1) is 0 Å². The lowest BCUT2D eigenvalue weighted by Crippen LogP contribution is -2.38. The van der Waals surface area contributed by atoms with Crippen LogP contribution >= 0.6 is 0 Å².